The van der Waals surface area contributed by atoms with Crippen LogP contribution >= 0.6 is 0 Å². The fourth-order valence-electron chi connectivity index (χ4n) is 2.42. The van der Waals surface area contributed by atoms with E-state index in [9.17, 15) is 5.11 Å². The molecule has 1 saturated carbocycles. The van der Waals surface area contributed by atoms with Crippen LogP contribution in [0.1, 0.15) is 39.5 Å². The Morgan fingerprint density at radius 3 is 2.20 bits per heavy atom. The number of likely N-dealkylation sites (N-methyl/N-ethyl adjacent to an activating group) is 1. The molecule has 0 aliphatic heterocycles. The van der Waals surface area contributed by atoms with Crippen LogP contribution in [0.25, 0.3) is 0 Å². The molecule has 0 atom stereocenters. The summed E-state index contributed by atoms with van der Waals surface area (Å²) in [7, 11) is 4.33. The van der Waals surface area contributed by atoms with E-state index in [4.69, 9.17) is 0 Å². The summed E-state index contributed by atoms with van der Waals surface area (Å²) in [6.45, 7) is 5.35. The van der Waals surface area contributed by atoms with Gasteiger partial charge >= 0.3 is 0 Å². The van der Waals surface area contributed by atoms with Gasteiger partial charge in [0.15, 0.2) is 0 Å². The SMILES string of the molecule is CN(C)C1(CNCC(C)(C)O)CCCC1. The smallest absolute Gasteiger partial charge is 0.0715 e. The molecular formula is C12H26N2O. The summed E-state index contributed by atoms with van der Waals surface area (Å²) in [5.41, 5.74) is -0.280. The number of nitrogens with zero attached hydrogens (tertiary/aromatic N) is 1. The van der Waals surface area contributed by atoms with E-state index in [0.29, 0.717) is 12.1 Å². The highest BCUT2D eigenvalue weighted by Gasteiger charge is 2.35. The molecule has 1 aliphatic carbocycles. The number of hydrogen-bond donors (Lipinski definition) is 2. The molecular weight excluding hydrogens is 188 g/mol. The molecule has 2 N–H and O–H groups in total. The molecule has 0 spiro atoms. The van der Waals surface area contributed by atoms with Crippen molar-refractivity contribution < 1.29 is 5.11 Å². The van der Waals surface area contributed by atoms with Crippen LogP contribution in [0.15, 0.2) is 0 Å². The van der Waals surface area contributed by atoms with Gasteiger partial charge in [-0.3, -0.25) is 0 Å². The van der Waals surface area contributed by atoms with Crippen molar-refractivity contribution in [3.8, 4) is 0 Å². The van der Waals surface area contributed by atoms with Crippen molar-refractivity contribution in [1.82, 2.24) is 10.2 Å². The van der Waals surface area contributed by atoms with Crippen molar-refractivity contribution in [1.29, 1.82) is 0 Å². The predicted molar refractivity (Wildman–Crippen MR) is 64.1 cm³/mol. The monoisotopic (exact) mass is 214 g/mol. The minimum Gasteiger partial charge on any atom is -0.389 e. The molecule has 0 aromatic carbocycles. The zero-order valence-electron chi connectivity index (χ0n) is 10.6. The lowest BCUT2D eigenvalue weighted by molar-refractivity contribution is 0.0711. The lowest BCUT2D eigenvalue weighted by Gasteiger charge is -2.37. The topological polar surface area (TPSA) is 35.5 Å². The first-order chi connectivity index (χ1) is 6.86. The van der Waals surface area contributed by atoms with Crippen molar-refractivity contribution in [3.63, 3.8) is 0 Å². The zero-order chi connectivity index (χ0) is 11.5. The fourth-order valence-corrected chi connectivity index (χ4v) is 2.42. The third-order valence-corrected chi connectivity index (χ3v) is 3.49. The van der Waals surface area contributed by atoms with Gasteiger partial charge in [-0.25, -0.2) is 0 Å². The number of hydrogen-bond acceptors (Lipinski definition) is 3. The second-order valence-electron chi connectivity index (χ2n) is 5.74. The Hall–Kier alpha value is -0.120. The van der Waals surface area contributed by atoms with Crippen LogP contribution in [0, 0.1) is 0 Å². The maximum absolute atomic E-state index is 9.64. The Morgan fingerprint density at radius 2 is 1.80 bits per heavy atom. The van der Waals surface area contributed by atoms with Crippen molar-refractivity contribution in [3.05, 3.63) is 0 Å². The van der Waals surface area contributed by atoms with Crippen molar-refractivity contribution in [2.75, 3.05) is 27.2 Å². The summed E-state index contributed by atoms with van der Waals surface area (Å²) in [5.74, 6) is 0. The standard InChI is InChI=1S/C12H26N2O/c1-11(2,15)9-13-10-12(14(3)4)7-5-6-8-12/h13,15H,5-10H2,1-4H3. The summed E-state index contributed by atoms with van der Waals surface area (Å²) in [4.78, 5) is 2.34. The molecule has 0 amide bonds. The highest BCUT2D eigenvalue weighted by molar-refractivity contribution is 4.94. The molecule has 3 nitrogen and oxygen atoms in total. The molecule has 0 aromatic rings. The summed E-state index contributed by atoms with van der Waals surface area (Å²) >= 11 is 0. The minimum atomic E-state index is -0.605. The van der Waals surface area contributed by atoms with Gasteiger partial charge < -0.3 is 15.3 Å². The fraction of sp³-hybridized carbons (Fsp3) is 1.00. The zero-order valence-corrected chi connectivity index (χ0v) is 10.6. The summed E-state index contributed by atoms with van der Waals surface area (Å²) in [5, 5.41) is 13.0. The Balaban J connectivity index is 2.40. The minimum absolute atomic E-state index is 0.325. The number of nitrogens with one attached hydrogen (secondary N) is 1. The highest BCUT2D eigenvalue weighted by atomic mass is 16.3. The Bertz CT molecular complexity index is 190. The molecule has 0 bridgehead atoms. The Morgan fingerprint density at radius 1 is 1.27 bits per heavy atom. The maximum Gasteiger partial charge on any atom is 0.0715 e. The molecule has 1 rings (SSSR count). The lowest BCUT2D eigenvalue weighted by atomic mass is 9.95. The van der Waals surface area contributed by atoms with E-state index in [-0.39, 0.29) is 0 Å². The second kappa shape index (κ2) is 4.81. The predicted octanol–water partition coefficient (Wildman–Crippen LogP) is 1.22. The van der Waals surface area contributed by atoms with E-state index in [1.54, 1.807) is 0 Å². The van der Waals surface area contributed by atoms with Gasteiger partial charge in [-0.15, -0.1) is 0 Å². The van der Waals surface area contributed by atoms with Gasteiger partial charge in [0.05, 0.1) is 5.60 Å². The van der Waals surface area contributed by atoms with Crippen LogP contribution in [0.3, 0.4) is 0 Å². The van der Waals surface area contributed by atoms with Crippen LogP contribution < -0.4 is 5.32 Å². The third-order valence-electron chi connectivity index (χ3n) is 3.49. The van der Waals surface area contributed by atoms with Gasteiger partial charge in [-0.05, 0) is 40.8 Å². The van der Waals surface area contributed by atoms with E-state index >= 15 is 0 Å². The lowest BCUT2D eigenvalue weighted by Crippen LogP contribution is -2.51. The third kappa shape index (κ3) is 3.74. The molecule has 15 heavy (non-hydrogen) atoms. The van der Waals surface area contributed by atoms with Crippen molar-refractivity contribution >= 4 is 0 Å². The average Bonchev–Trinajstić information content (AvgIpc) is 2.51. The molecule has 90 valence electrons. The van der Waals surface area contributed by atoms with E-state index in [1.807, 2.05) is 13.8 Å². The molecule has 0 heterocycles. The summed E-state index contributed by atoms with van der Waals surface area (Å²) in [6, 6.07) is 0. The molecule has 1 aliphatic rings. The van der Waals surface area contributed by atoms with E-state index in [0.717, 1.165) is 6.54 Å². The number of aliphatic hydroxyl groups is 1. The van der Waals surface area contributed by atoms with E-state index in [1.165, 1.54) is 25.7 Å². The Kier molecular flexibility index (Phi) is 4.15. The van der Waals surface area contributed by atoms with E-state index < -0.39 is 5.60 Å². The average molecular weight is 214 g/mol. The van der Waals surface area contributed by atoms with Crippen LogP contribution in [0.4, 0.5) is 0 Å². The molecule has 3 heteroatoms. The van der Waals surface area contributed by atoms with Gasteiger partial charge in [0, 0.05) is 18.6 Å². The molecule has 0 radical (unpaired) electrons. The molecule has 1 fully saturated rings. The summed E-state index contributed by atoms with van der Waals surface area (Å²) in [6.07, 6.45) is 5.22. The number of rotatable bonds is 5. The molecule has 0 unspecified atom stereocenters. The first-order valence-corrected chi connectivity index (χ1v) is 5.96. The van der Waals surface area contributed by atoms with Gasteiger partial charge in [-0.1, -0.05) is 12.8 Å². The molecule has 0 saturated heterocycles. The van der Waals surface area contributed by atoms with Gasteiger partial charge in [0.2, 0.25) is 0 Å². The Labute approximate surface area is 93.9 Å². The van der Waals surface area contributed by atoms with E-state index in [2.05, 4.69) is 24.3 Å². The van der Waals surface area contributed by atoms with Crippen LogP contribution in [0.5, 0.6) is 0 Å². The van der Waals surface area contributed by atoms with Gasteiger partial charge in [0.1, 0.15) is 0 Å². The highest BCUT2D eigenvalue weighted by Crippen LogP contribution is 2.33. The first kappa shape index (κ1) is 12.9. The quantitative estimate of drug-likeness (QED) is 0.722. The van der Waals surface area contributed by atoms with Crippen molar-refractivity contribution in [2.45, 2.75) is 50.7 Å². The van der Waals surface area contributed by atoms with Crippen LogP contribution in [-0.2, 0) is 0 Å². The van der Waals surface area contributed by atoms with Gasteiger partial charge in [-0.2, -0.15) is 0 Å². The maximum atomic E-state index is 9.64. The van der Waals surface area contributed by atoms with Crippen LogP contribution in [-0.4, -0.2) is 48.3 Å². The normalized spacial score (nSPS) is 21.2. The largest absolute Gasteiger partial charge is 0.389 e. The van der Waals surface area contributed by atoms with Crippen LogP contribution in [0.2, 0.25) is 0 Å². The first-order valence-electron chi connectivity index (χ1n) is 5.96. The molecule has 0 aromatic heterocycles. The summed E-state index contributed by atoms with van der Waals surface area (Å²) < 4.78 is 0. The van der Waals surface area contributed by atoms with Crippen molar-refractivity contribution in [2.24, 2.45) is 0 Å². The second-order valence-corrected chi connectivity index (χ2v) is 5.74. The van der Waals surface area contributed by atoms with Gasteiger partial charge in [0.25, 0.3) is 0 Å².